The Kier molecular flexibility index (Phi) is 3.53. The molecule has 1 heterocycles. The summed E-state index contributed by atoms with van der Waals surface area (Å²) in [6.07, 6.45) is 2.45. The number of carbonyl (C=O) groups is 1. The first-order valence-corrected chi connectivity index (χ1v) is 2.01. The molecule has 0 amide bonds. The number of aromatic nitrogens is 2. The SMILES string of the molecule is O=C([O-])c1cn[nH]c1.[Na+]. The molecule has 0 aliphatic rings. The van der Waals surface area contributed by atoms with Gasteiger partial charge in [0.1, 0.15) is 0 Å². The van der Waals surface area contributed by atoms with Crippen LogP contribution in [-0.2, 0) is 0 Å². The van der Waals surface area contributed by atoms with Crippen LogP contribution in [0.3, 0.4) is 0 Å². The van der Waals surface area contributed by atoms with E-state index in [9.17, 15) is 9.90 Å². The molecule has 1 aromatic rings. The van der Waals surface area contributed by atoms with Crippen LogP contribution in [0.15, 0.2) is 12.4 Å². The van der Waals surface area contributed by atoms with Crippen molar-refractivity contribution in [2.24, 2.45) is 0 Å². The molecular weight excluding hydrogens is 131 g/mol. The third-order valence-electron chi connectivity index (χ3n) is 0.734. The van der Waals surface area contributed by atoms with E-state index in [1.54, 1.807) is 0 Å². The van der Waals surface area contributed by atoms with Gasteiger partial charge in [-0.2, -0.15) is 5.10 Å². The number of rotatable bonds is 1. The minimum Gasteiger partial charge on any atom is -0.545 e. The fraction of sp³-hybridized carbons (Fsp3) is 0. The van der Waals surface area contributed by atoms with Crippen molar-refractivity contribution in [2.45, 2.75) is 0 Å². The van der Waals surface area contributed by atoms with E-state index in [4.69, 9.17) is 0 Å². The minimum atomic E-state index is -1.21. The van der Waals surface area contributed by atoms with Gasteiger partial charge in [0.05, 0.1) is 12.2 Å². The monoisotopic (exact) mass is 134 g/mol. The van der Waals surface area contributed by atoms with Gasteiger partial charge in [0, 0.05) is 11.8 Å². The molecule has 0 unspecified atom stereocenters. The number of carbonyl (C=O) groups excluding carboxylic acids is 1. The molecule has 0 saturated heterocycles. The van der Waals surface area contributed by atoms with Crippen LogP contribution in [-0.4, -0.2) is 16.2 Å². The van der Waals surface area contributed by atoms with Gasteiger partial charge < -0.3 is 9.90 Å². The summed E-state index contributed by atoms with van der Waals surface area (Å²) in [7, 11) is 0. The molecule has 0 aliphatic carbocycles. The molecule has 0 saturated carbocycles. The van der Waals surface area contributed by atoms with Gasteiger partial charge in [0.2, 0.25) is 0 Å². The third kappa shape index (κ3) is 2.17. The van der Waals surface area contributed by atoms with E-state index >= 15 is 0 Å². The number of nitrogens with zero attached hydrogens (tertiary/aromatic N) is 1. The van der Waals surface area contributed by atoms with Crippen LogP contribution < -0.4 is 34.7 Å². The molecular formula is C4H3N2NaO2. The first kappa shape index (κ1) is 8.68. The van der Waals surface area contributed by atoms with Crippen molar-refractivity contribution in [1.82, 2.24) is 10.2 Å². The smallest absolute Gasteiger partial charge is 0.545 e. The number of H-pyrrole nitrogens is 1. The molecule has 1 aromatic heterocycles. The molecule has 0 fully saturated rings. The quantitative estimate of drug-likeness (QED) is 0.396. The van der Waals surface area contributed by atoms with Gasteiger partial charge in [-0.3, -0.25) is 5.10 Å². The summed E-state index contributed by atoms with van der Waals surface area (Å²) in [5.41, 5.74) is 0.0741. The molecule has 1 rings (SSSR count). The number of carboxylic acids is 1. The Balaban J connectivity index is 0.000000640. The van der Waals surface area contributed by atoms with Crippen molar-refractivity contribution in [3.63, 3.8) is 0 Å². The third-order valence-corrected chi connectivity index (χ3v) is 0.734. The van der Waals surface area contributed by atoms with Crippen molar-refractivity contribution in [3.8, 4) is 0 Å². The van der Waals surface area contributed by atoms with Crippen LogP contribution in [0.25, 0.3) is 0 Å². The van der Waals surface area contributed by atoms with E-state index < -0.39 is 5.97 Å². The van der Waals surface area contributed by atoms with Gasteiger partial charge in [-0.15, -0.1) is 0 Å². The van der Waals surface area contributed by atoms with Crippen LogP contribution >= 0.6 is 0 Å². The van der Waals surface area contributed by atoms with E-state index in [0.29, 0.717) is 0 Å². The van der Waals surface area contributed by atoms with Crippen molar-refractivity contribution in [3.05, 3.63) is 18.0 Å². The van der Waals surface area contributed by atoms with Crippen LogP contribution in [0.5, 0.6) is 0 Å². The fourth-order valence-electron chi connectivity index (χ4n) is 0.363. The molecule has 0 bridgehead atoms. The Morgan fingerprint density at radius 2 is 2.44 bits per heavy atom. The van der Waals surface area contributed by atoms with E-state index in [1.807, 2.05) is 0 Å². The molecule has 42 valence electrons. The van der Waals surface area contributed by atoms with Crippen LogP contribution in [0.4, 0.5) is 0 Å². The van der Waals surface area contributed by atoms with E-state index in [-0.39, 0.29) is 35.1 Å². The van der Waals surface area contributed by atoms with Gasteiger partial charge >= 0.3 is 29.6 Å². The maximum atomic E-state index is 9.89. The largest absolute Gasteiger partial charge is 1.00 e. The zero-order valence-electron chi connectivity index (χ0n) is 4.92. The van der Waals surface area contributed by atoms with Crippen LogP contribution in [0, 0.1) is 0 Å². The maximum Gasteiger partial charge on any atom is 1.00 e. The molecule has 0 aliphatic heterocycles. The topological polar surface area (TPSA) is 68.8 Å². The summed E-state index contributed by atoms with van der Waals surface area (Å²) in [6.45, 7) is 0. The standard InChI is InChI=1S/C4H4N2O2.Na/c7-4(8)3-1-5-6-2-3;/h1-2H,(H,5,6)(H,7,8);/q;+1/p-1. The predicted octanol–water partition coefficient (Wildman–Crippen LogP) is -4.22. The summed E-state index contributed by atoms with van der Waals surface area (Å²) in [5.74, 6) is -1.21. The summed E-state index contributed by atoms with van der Waals surface area (Å²) in [5, 5.41) is 15.6. The normalized spacial score (nSPS) is 8.00. The molecule has 9 heavy (non-hydrogen) atoms. The second kappa shape index (κ2) is 3.66. The number of aromatic carboxylic acids is 1. The summed E-state index contributed by atoms with van der Waals surface area (Å²) < 4.78 is 0. The molecule has 0 radical (unpaired) electrons. The Morgan fingerprint density at radius 1 is 1.78 bits per heavy atom. The maximum absolute atomic E-state index is 9.89. The summed E-state index contributed by atoms with van der Waals surface area (Å²) in [6, 6.07) is 0. The van der Waals surface area contributed by atoms with Gasteiger partial charge in [0.25, 0.3) is 0 Å². The molecule has 0 atom stereocenters. The zero-order valence-corrected chi connectivity index (χ0v) is 6.92. The summed E-state index contributed by atoms with van der Waals surface area (Å²) in [4.78, 5) is 9.89. The Morgan fingerprint density at radius 3 is 2.67 bits per heavy atom. The summed E-state index contributed by atoms with van der Waals surface area (Å²) >= 11 is 0. The van der Waals surface area contributed by atoms with Crippen LogP contribution in [0.1, 0.15) is 10.4 Å². The Labute approximate surface area is 73.6 Å². The molecule has 0 spiro atoms. The van der Waals surface area contributed by atoms with Crippen molar-refractivity contribution < 1.29 is 39.5 Å². The number of aromatic amines is 1. The Hall–Kier alpha value is -0.320. The first-order chi connectivity index (χ1) is 3.80. The van der Waals surface area contributed by atoms with Crippen LogP contribution in [0.2, 0.25) is 0 Å². The Bertz CT molecular complexity index is 184. The zero-order chi connectivity index (χ0) is 5.98. The number of hydrogen-bond donors (Lipinski definition) is 1. The number of hydrogen-bond acceptors (Lipinski definition) is 3. The first-order valence-electron chi connectivity index (χ1n) is 2.01. The minimum absolute atomic E-state index is 0. The molecule has 1 N–H and O–H groups in total. The molecule has 4 nitrogen and oxygen atoms in total. The van der Waals surface area contributed by atoms with Crippen molar-refractivity contribution in [1.29, 1.82) is 0 Å². The van der Waals surface area contributed by atoms with Crippen molar-refractivity contribution >= 4 is 5.97 Å². The molecule has 0 aromatic carbocycles. The van der Waals surface area contributed by atoms with Gasteiger partial charge in [0.15, 0.2) is 0 Å². The second-order valence-corrected chi connectivity index (χ2v) is 1.27. The fourth-order valence-corrected chi connectivity index (χ4v) is 0.363. The average molecular weight is 134 g/mol. The number of nitrogens with one attached hydrogen (secondary N) is 1. The molecule has 5 heteroatoms. The van der Waals surface area contributed by atoms with Gasteiger partial charge in [-0.1, -0.05) is 0 Å². The van der Waals surface area contributed by atoms with Crippen molar-refractivity contribution in [2.75, 3.05) is 0 Å². The average Bonchev–Trinajstić information content (AvgIpc) is 2.12. The second-order valence-electron chi connectivity index (χ2n) is 1.27. The van der Waals surface area contributed by atoms with Gasteiger partial charge in [-0.05, 0) is 0 Å². The number of carboxylic acid groups (broad SMARTS) is 1. The van der Waals surface area contributed by atoms with Gasteiger partial charge in [-0.25, -0.2) is 0 Å². The van der Waals surface area contributed by atoms with E-state index in [2.05, 4.69) is 10.2 Å². The van der Waals surface area contributed by atoms with E-state index in [1.165, 1.54) is 12.4 Å². The van der Waals surface area contributed by atoms with E-state index in [0.717, 1.165) is 0 Å². The predicted molar refractivity (Wildman–Crippen MR) is 22.9 cm³/mol.